The Balaban J connectivity index is 1.00. The Bertz CT molecular complexity index is 3890. The second kappa shape index (κ2) is 14.0. The van der Waals surface area contributed by atoms with Crippen LogP contribution in [0.4, 0.5) is 17.1 Å². The minimum atomic E-state index is 0.897. The molecule has 0 spiro atoms. The van der Waals surface area contributed by atoms with Crippen LogP contribution < -0.4 is 4.90 Å². The maximum atomic E-state index is 6.40. The lowest BCUT2D eigenvalue weighted by Crippen LogP contribution is -2.11. The van der Waals surface area contributed by atoms with Crippen LogP contribution in [0, 0.1) is 0 Å². The molecule has 0 fully saturated rings. The Hall–Kier alpha value is -7.50. The molecule has 290 valence electrons. The minimum Gasteiger partial charge on any atom is -0.456 e. The second-order valence-corrected chi connectivity index (χ2v) is 18.2. The van der Waals surface area contributed by atoms with Gasteiger partial charge in [0.1, 0.15) is 11.2 Å². The van der Waals surface area contributed by atoms with E-state index in [-0.39, 0.29) is 0 Å². The third-order valence-electron chi connectivity index (χ3n) is 12.5. The summed E-state index contributed by atoms with van der Waals surface area (Å²) in [6.07, 6.45) is 0. The highest BCUT2D eigenvalue weighted by molar-refractivity contribution is 7.26. The zero-order valence-corrected chi connectivity index (χ0v) is 35.0. The van der Waals surface area contributed by atoms with Gasteiger partial charge in [-0.25, -0.2) is 0 Å². The summed E-state index contributed by atoms with van der Waals surface area (Å²) in [6, 6.07) is 77.5. The van der Waals surface area contributed by atoms with Crippen molar-refractivity contribution in [3.05, 3.63) is 212 Å². The van der Waals surface area contributed by atoms with E-state index in [0.29, 0.717) is 0 Å². The molecule has 13 aromatic rings. The maximum Gasteiger partial charge on any atom is 0.136 e. The highest BCUT2D eigenvalue weighted by Crippen LogP contribution is 2.47. The van der Waals surface area contributed by atoms with E-state index in [1.165, 1.54) is 73.4 Å². The average Bonchev–Trinajstić information content (AvgIpc) is 4.03. The van der Waals surface area contributed by atoms with Crippen molar-refractivity contribution in [2.45, 2.75) is 0 Å². The Kier molecular flexibility index (Phi) is 7.99. The van der Waals surface area contributed by atoms with E-state index >= 15 is 0 Å². The van der Waals surface area contributed by atoms with Crippen molar-refractivity contribution >= 4 is 113 Å². The van der Waals surface area contributed by atoms with Crippen molar-refractivity contribution in [2.24, 2.45) is 0 Å². The monoisotopic (exact) mass is 825 g/mol. The van der Waals surface area contributed by atoms with Crippen molar-refractivity contribution in [2.75, 3.05) is 4.90 Å². The zero-order chi connectivity index (χ0) is 40.7. The standard InChI is InChI=1S/C58H35NOS2/c1-2-12-36(13-3-1)43-17-6-8-21-50(43)59(41-16-10-15-38(32-41)39-26-29-51-48(33-39)57-44-18-5-4-14-37(44)25-30-52(57)60-51)42-27-31-54-49(35-42)58-45(20-11-23-55(58)61-54)40-24-28-47-46-19-7-9-22-53(46)62-56(47)34-40/h1-35H. The van der Waals surface area contributed by atoms with Crippen LogP contribution in [0.5, 0.6) is 0 Å². The second-order valence-electron chi connectivity index (χ2n) is 16.0. The number of para-hydroxylation sites is 1. The van der Waals surface area contributed by atoms with Gasteiger partial charge in [0.05, 0.1) is 5.69 Å². The molecule has 0 saturated heterocycles. The molecule has 0 bridgehead atoms. The normalized spacial score (nSPS) is 11.9. The van der Waals surface area contributed by atoms with Crippen molar-refractivity contribution in [1.29, 1.82) is 0 Å². The molecule has 0 unspecified atom stereocenters. The van der Waals surface area contributed by atoms with Gasteiger partial charge in [0.15, 0.2) is 0 Å². The number of rotatable bonds is 6. The first-order valence-electron chi connectivity index (χ1n) is 21.0. The van der Waals surface area contributed by atoms with Crippen LogP contribution in [0.2, 0.25) is 0 Å². The third-order valence-corrected chi connectivity index (χ3v) is 14.7. The summed E-state index contributed by atoms with van der Waals surface area (Å²) >= 11 is 3.74. The predicted molar refractivity (Wildman–Crippen MR) is 268 cm³/mol. The predicted octanol–water partition coefficient (Wildman–Crippen LogP) is 17.9. The number of hydrogen-bond acceptors (Lipinski definition) is 4. The fourth-order valence-electron chi connectivity index (χ4n) is 9.60. The van der Waals surface area contributed by atoms with Crippen molar-refractivity contribution in [3.8, 4) is 33.4 Å². The van der Waals surface area contributed by atoms with Gasteiger partial charge in [0, 0.05) is 68.1 Å². The highest BCUT2D eigenvalue weighted by atomic mass is 32.1. The lowest BCUT2D eigenvalue weighted by atomic mass is 9.97. The van der Waals surface area contributed by atoms with Gasteiger partial charge >= 0.3 is 0 Å². The molecule has 0 aliphatic rings. The number of nitrogens with zero attached hydrogens (tertiary/aromatic N) is 1. The fraction of sp³-hybridized carbons (Fsp3) is 0. The number of anilines is 3. The molecule has 10 aromatic carbocycles. The smallest absolute Gasteiger partial charge is 0.136 e. The van der Waals surface area contributed by atoms with Crippen LogP contribution in [0.3, 0.4) is 0 Å². The molecule has 3 aromatic heterocycles. The minimum absolute atomic E-state index is 0.897. The van der Waals surface area contributed by atoms with E-state index in [9.17, 15) is 0 Å². The van der Waals surface area contributed by atoms with Gasteiger partial charge in [-0.3, -0.25) is 0 Å². The van der Waals surface area contributed by atoms with Crippen LogP contribution in [0.25, 0.3) is 106 Å². The summed E-state index contributed by atoms with van der Waals surface area (Å²) in [4.78, 5) is 2.44. The Labute approximate surface area is 365 Å². The fourth-order valence-corrected chi connectivity index (χ4v) is 11.9. The number of thiophene rings is 2. The van der Waals surface area contributed by atoms with E-state index in [1.807, 2.05) is 22.7 Å². The van der Waals surface area contributed by atoms with E-state index in [0.717, 1.165) is 50.1 Å². The van der Waals surface area contributed by atoms with Crippen molar-refractivity contribution in [3.63, 3.8) is 0 Å². The number of hydrogen-bond donors (Lipinski definition) is 0. The summed E-state index contributed by atoms with van der Waals surface area (Å²) < 4.78 is 11.6. The molecular weight excluding hydrogens is 791 g/mol. The van der Waals surface area contributed by atoms with Crippen LogP contribution in [-0.2, 0) is 0 Å². The molecule has 0 aliphatic carbocycles. The van der Waals surface area contributed by atoms with Gasteiger partial charge in [-0.15, -0.1) is 22.7 Å². The van der Waals surface area contributed by atoms with Crippen LogP contribution in [0.1, 0.15) is 0 Å². The molecule has 2 nitrogen and oxygen atoms in total. The Morgan fingerprint density at radius 1 is 0.323 bits per heavy atom. The Morgan fingerprint density at radius 2 is 1.00 bits per heavy atom. The van der Waals surface area contributed by atoms with Gasteiger partial charge in [-0.2, -0.15) is 0 Å². The summed E-state index contributed by atoms with van der Waals surface area (Å²) in [7, 11) is 0. The number of benzene rings is 10. The third kappa shape index (κ3) is 5.61. The maximum absolute atomic E-state index is 6.40. The lowest BCUT2D eigenvalue weighted by Gasteiger charge is -2.28. The van der Waals surface area contributed by atoms with Crippen LogP contribution in [0.15, 0.2) is 217 Å². The summed E-state index contributed by atoms with van der Waals surface area (Å²) in [5.74, 6) is 0. The SMILES string of the molecule is c1ccc(-c2ccccc2N(c2cccc(-c3ccc4oc5ccc6ccccc6c5c4c3)c2)c2ccc3sc4cccc(-c5ccc6c(c5)sc5ccccc56)c4c3c2)cc1. The van der Waals surface area contributed by atoms with Gasteiger partial charge in [-0.1, -0.05) is 140 Å². The molecule has 13 rings (SSSR count). The van der Waals surface area contributed by atoms with Crippen molar-refractivity contribution in [1.82, 2.24) is 0 Å². The Morgan fingerprint density at radius 3 is 1.95 bits per heavy atom. The molecule has 0 radical (unpaired) electrons. The highest BCUT2D eigenvalue weighted by Gasteiger charge is 2.21. The van der Waals surface area contributed by atoms with E-state index in [4.69, 9.17) is 4.42 Å². The molecule has 0 N–H and O–H groups in total. The topological polar surface area (TPSA) is 16.4 Å². The average molecular weight is 826 g/mol. The van der Waals surface area contributed by atoms with Gasteiger partial charge in [-0.05, 0) is 111 Å². The lowest BCUT2D eigenvalue weighted by molar-refractivity contribution is 0.669. The molecule has 3 heterocycles. The first-order chi connectivity index (χ1) is 30.7. The van der Waals surface area contributed by atoms with Crippen molar-refractivity contribution < 1.29 is 4.42 Å². The number of furan rings is 1. The van der Waals surface area contributed by atoms with E-state index in [1.54, 1.807) is 0 Å². The van der Waals surface area contributed by atoms with Crippen LogP contribution in [-0.4, -0.2) is 0 Å². The molecule has 0 atom stereocenters. The van der Waals surface area contributed by atoms with Gasteiger partial charge in [0.2, 0.25) is 0 Å². The zero-order valence-electron chi connectivity index (χ0n) is 33.4. The molecule has 0 aliphatic heterocycles. The van der Waals surface area contributed by atoms with Gasteiger partial charge < -0.3 is 9.32 Å². The molecule has 4 heteroatoms. The van der Waals surface area contributed by atoms with Crippen LogP contribution >= 0.6 is 22.7 Å². The number of fused-ring (bicyclic) bond motifs is 11. The molecule has 0 amide bonds. The van der Waals surface area contributed by atoms with E-state index in [2.05, 4.69) is 217 Å². The molecular formula is C58H35NOS2. The first kappa shape index (κ1) is 35.3. The van der Waals surface area contributed by atoms with Gasteiger partial charge in [0.25, 0.3) is 0 Å². The largest absolute Gasteiger partial charge is 0.456 e. The molecule has 62 heavy (non-hydrogen) atoms. The molecule has 0 saturated carbocycles. The summed E-state index contributed by atoms with van der Waals surface area (Å²) in [5, 5.41) is 9.91. The summed E-state index contributed by atoms with van der Waals surface area (Å²) in [6.45, 7) is 0. The summed E-state index contributed by atoms with van der Waals surface area (Å²) in [5.41, 5.74) is 12.3. The van der Waals surface area contributed by atoms with E-state index < -0.39 is 0 Å². The first-order valence-corrected chi connectivity index (χ1v) is 22.6. The quantitative estimate of drug-likeness (QED) is 0.166.